The fourth-order valence-corrected chi connectivity index (χ4v) is 15.0. The molecule has 2 heterocycles. The predicted octanol–water partition coefficient (Wildman–Crippen LogP) is 20.5. The van der Waals surface area contributed by atoms with Gasteiger partial charge in [-0.1, -0.05) is 176 Å². The van der Waals surface area contributed by atoms with E-state index in [2.05, 4.69) is 270 Å². The Morgan fingerprint density at radius 3 is 1.52 bits per heavy atom. The van der Waals surface area contributed by atoms with E-state index < -0.39 is 5.41 Å². The van der Waals surface area contributed by atoms with E-state index >= 15 is 0 Å². The van der Waals surface area contributed by atoms with Gasteiger partial charge in [-0.05, 0) is 193 Å². The van der Waals surface area contributed by atoms with Gasteiger partial charge in [-0.2, -0.15) is 0 Å². The van der Waals surface area contributed by atoms with Crippen LogP contribution in [0.4, 0.5) is 51.2 Å². The monoisotopic (exact) mass is 996 g/mol. The summed E-state index contributed by atoms with van der Waals surface area (Å²) in [6.45, 7) is 19.6. The highest BCUT2D eigenvalue weighted by Gasteiger charge is 2.47. The molecule has 0 N–H and O–H groups in total. The molecule has 0 radical (unpaired) electrons. The van der Waals surface area contributed by atoms with Crippen molar-refractivity contribution in [2.45, 2.75) is 103 Å². The van der Waals surface area contributed by atoms with Crippen molar-refractivity contribution in [1.29, 1.82) is 0 Å². The van der Waals surface area contributed by atoms with Crippen LogP contribution in [0, 0.1) is 0 Å². The zero-order valence-electron chi connectivity index (χ0n) is 45.7. The molecule has 15 rings (SSSR count). The summed E-state index contributed by atoms with van der Waals surface area (Å²) in [7, 11) is 0. The zero-order chi connectivity index (χ0) is 52.3. The zero-order valence-corrected chi connectivity index (χ0v) is 45.7. The molecule has 6 aliphatic rings. The van der Waals surface area contributed by atoms with E-state index in [0.29, 0.717) is 0 Å². The molecule has 0 spiro atoms. The van der Waals surface area contributed by atoms with Crippen molar-refractivity contribution in [2.24, 2.45) is 0 Å². The lowest BCUT2D eigenvalue weighted by molar-refractivity contribution is 0.597. The number of hydrogen-bond acceptors (Lipinski definition) is 3. The highest BCUT2D eigenvalue weighted by atomic mass is 15.2. The topological polar surface area (TPSA) is 9.72 Å². The Hall–Kier alpha value is -8.14. The average molecular weight is 996 g/mol. The fourth-order valence-electron chi connectivity index (χ4n) is 15.0. The number of fused-ring (bicyclic) bond motifs is 10. The Morgan fingerprint density at radius 2 is 0.844 bits per heavy atom. The lowest BCUT2D eigenvalue weighted by Crippen LogP contribution is -2.38. The van der Waals surface area contributed by atoms with Crippen LogP contribution < -0.4 is 14.7 Å². The number of rotatable bonds is 6. The number of hydrogen-bond donors (Lipinski definition) is 0. The Kier molecular flexibility index (Phi) is 9.71. The molecule has 0 bridgehead atoms. The summed E-state index contributed by atoms with van der Waals surface area (Å²) in [5, 5.41) is 4.95. The molecule has 0 fully saturated rings. The number of anilines is 9. The smallest absolute Gasteiger partial charge is 0.0545 e. The van der Waals surface area contributed by atoms with Crippen LogP contribution in [0.25, 0.3) is 32.7 Å². The predicted molar refractivity (Wildman–Crippen MR) is 326 cm³/mol. The van der Waals surface area contributed by atoms with Gasteiger partial charge in [0.2, 0.25) is 0 Å². The van der Waals surface area contributed by atoms with Crippen LogP contribution >= 0.6 is 0 Å². The minimum atomic E-state index is -0.418. The third-order valence-corrected chi connectivity index (χ3v) is 19.1. The normalized spacial score (nSPS) is 18.1. The molecule has 3 nitrogen and oxygen atoms in total. The second-order valence-corrected chi connectivity index (χ2v) is 24.8. The van der Waals surface area contributed by atoms with Gasteiger partial charge < -0.3 is 14.7 Å². The van der Waals surface area contributed by atoms with Crippen molar-refractivity contribution in [2.75, 3.05) is 14.7 Å². The summed E-state index contributed by atoms with van der Waals surface area (Å²) < 4.78 is 0. The third-order valence-electron chi connectivity index (χ3n) is 19.1. The maximum Gasteiger partial charge on any atom is 0.0545 e. The van der Waals surface area contributed by atoms with Crippen LogP contribution in [0.1, 0.15) is 126 Å². The Bertz CT molecular complexity index is 4180. The van der Waals surface area contributed by atoms with Crippen molar-refractivity contribution in [3.05, 3.63) is 256 Å². The molecule has 0 amide bonds. The maximum absolute atomic E-state index is 2.61. The number of nitrogens with zero attached hydrogens (tertiary/aromatic N) is 3. The molecule has 0 aromatic heterocycles. The lowest BCUT2D eigenvalue weighted by Gasteiger charge is -2.50. The van der Waals surface area contributed by atoms with Crippen molar-refractivity contribution < 1.29 is 0 Å². The van der Waals surface area contributed by atoms with E-state index in [0.717, 1.165) is 42.7 Å². The summed E-state index contributed by atoms with van der Waals surface area (Å²) in [4.78, 5) is 7.70. The van der Waals surface area contributed by atoms with Crippen LogP contribution in [0.3, 0.4) is 0 Å². The molecule has 0 atom stereocenters. The molecular formula is C74H65N3. The first-order valence-corrected chi connectivity index (χ1v) is 28.1. The van der Waals surface area contributed by atoms with Crippen LogP contribution in [-0.2, 0) is 21.7 Å². The fraction of sp³-hybridized carbons (Fsp3) is 0.216. The first-order chi connectivity index (χ1) is 37.2. The first-order valence-electron chi connectivity index (χ1n) is 28.1. The maximum atomic E-state index is 2.61. The Labute approximate surface area is 454 Å². The van der Waals surface area contributed by atoms with Crippen LogP contribution in [0.5, 0.6) is 0 Å². The van der Waals surface area contributed by atoms with Crippen molar-refractivity contribution in [1.82, 2.24) is 0 Å². The van der Waals surface area contributed by atoms with Gasteiger partial charge in [0.25, 0.3) is 0 Å². The SMILES string of the molecule is CC1(C)C2=C(CCC=C2)c2ccc(N(c3ccc4c(c3)C(C)(C)c3cc(N(c5ccc6c(c5)C(C)(C)C5=C6C=CCC5)c5ccc6ccccc6c5)cc5c3N4c3ccccc3C5(C)C)c3ccc4ccccc4c3)cc21. The molecular weight excluding hydrogens is 931 g/mol. The quantitative estimate of drug-likeness (QED) is 0.164. The van der Waals surface area contributed by atoms with Gasteiger partial charge in [-0.25, -0.2) is 0 Å². The van der Waals surface area contributed by atoms with Gasteiger partial charge in [0.05, 0.1) is 17.1 Å². The van der Waals surface area contributed by atoms with Crippen LogP contribution in [0.2, 0.25) is 0 Å². The van der Waals surface area contributed by atoms with Gasteiger partial charge in [-0.3, -0.25) is 0 Å². The molecule has 0 saturated carbocycles. The van der Waals surface area contributed by atoms with Gasteiger partial charge in [0.1, 0.15) is 0 Å². The molecule has 9 aromatic carbocycles. The molecule has 0 saturated heterocycles. The molecule has 77 heavy (non-hydrogen) atoms. The number of benzene rings is 9. The number of para-hydroxylation sites is 1. The molecule has 376 valence electrons. The van der Waals surface area contributed by atoms with Gasteiger partial charge in [-0.15, -0.1) is 0 Å². The van der Waals surface area contributed by atoms with Gasteiger partial charge in [0.15, 0.2) is 0 Å². The lowest BCUT2D eigenvalue weighted by atomic mass is 9.66. The Balaban J connectivity index is 0.950. The minimum absolute atomic E-state index is 0.0671. The summed E-state index contributed by atoms with van der Waals surface area (Å²) >= 11 is 0. The van der Waals surface area contributed by atoms with E-state index in [9.17, 15) is 0 Å². The summed E-state index contributed by atoms with van der Waals surface area (Å²) in [5.74, 6) is 0. The number of allylic oxidation sites excluding steroid dienone is 8. The summed E-state index contributed by atoms with van der Waals surface area (Å²) in [6, 6.07) is 67.8. The largest absolute Gasteiger partial charge is 0.310 e. The molecule has 2 aliphatic heterocycles. The van der Waals surface area contributed by atoms with Crippen molar-refractivity contribution >= 4 is 83.9 Å². The van der Waals surface area contributed by atoms with Crippen molar-refractivity contribution in [3.8, 4) is 0 Å². The van der Waals surface area contributed by atoms with Crippen LogP contribution in [-0.4, -0.2) is 0 Å². The molecule has 4 aliphatic carbocycles. The second kappa shape index (κ2) is 16.2. The molecule has 0 unspecified atom stereocenters. The first kappa shape index (κ1) is 46.2. The van der Waals surface area contributed by atoms with E-state index in [-0.39, 0.29) is 16.2 Å². The van der Waals surface area contributed by atoms with Crippen LogP contribution in [0.15, 0.2) is 211 Å². The van der Waals surface area contributed by atoms with E-state index in [1.807, 2.05) is 0 Å². The van der Waals surface area contributed by atoms with E-state index in [1.165, 1.54) is 117 Å². The summed E-state index contributed by atoms with van der Waals surface area (Å²) in [5.41, 5.74) is 26.8. The minimum Gasteiger partial charge on any atom is -0.310 e. The highest BCUT2D eigenvalue weighted by molar-refractivity contribution is 5.99. The highest BCUT2D eigenvalue weighted by Crippen LogP contribution is 2.63. The van der Waals surface area contributed by atoms with E-state index in [1.54, 1.807) is 5.57 Å². The Morgan fingerprint density at radius 1 is 0.364 bits per heavy atom. The summed E-state index contributed by atoms with van der Waals surface area (Å²) in [6.07, 6.45) is 13.9. The second-order valence-electron chi connectivity index (χ2n) is 24.8. The molecule has 9 aromatic rings. The van der Waals surface area contributed by atoms with Gasteiger partial charge in [0, 0.05) is 55.8 Å². The van der Waals surface area contributed by atoms with Crippen molar-refractivity contribution in [3.63, 3.8) is 0 Å². The van der Waals surface area contributed by atoms with Gasteiger partial charge >= 0.3 is 0 Å². The molecule has 3 heteroatoms. The third kappa shape index (κ3) is 6.56. The van der Waals surface area contributed by atoms with E-state index in [4.69, 9.17) is 0 Å². The average Bonchev–Trinajstić information content (AvgIpc) is 4.05. The standard InChI is InChI=1S/C74H65N3/c1-71(2)60-25-15-13-23-56(60)58-36-33-52(41-63(58)71)75(50-31-29-46-19-9-11-21-48(46)39-50)54-35-38-69-65(43-54)74(7,8)67-45-55(44-66-70(67)77(69)68-28-18-17-27-62(68)73(66,5)6)76(51-32-30-47-20-10-12-22-49(47)40-51)53-34-37-59-57-24-14-16-26-61(57)72(3,4)64(59)42-53/h9-12,14-15,17-22,24-25,27-45H,13,16,23,26H2,1-8H3.